The molecule has 0 heterocycles. The molecule has 0 saturated carbocycles. The first-order valence-corrected chi connectivity index (χ1v) is 6.95. The van der Waals surface area contributed by atoms with Crippen LogP contribution in [-0.2, 0) is 11.2 Å². The molecular formula is C15H25ClN2O2. The van der Waals surface area contributed by atoms with Crippen LogP contribution in [0.15, 0.2) is 24.3 Å². The summed E-state index contributed by atoms with van der Waals surface area (Å²) in [6, 6.07) is 7.87. The summed E-state index contributed by atoms with van der Waals surface area (Å²) in [6.07, 6.45) is 0.530. The lowest BCUT2D eigenvalue weighted by Crippen LogP contribution is -2.25. The molecule has 0 saturated heterocycles. The summed E-state index contributed by atoms with van der Waals surface area (Å²) in [5.41, 5.74) is 1.98. The van der Waals surface area contributed by atoms with E-state index in [2.05, 4.69) is 24.1 Å². The largest absolute Gasteiger partial charge is 0.450 e. The lowest BCUT2D eigenvalue weighted by molar-refractivity contribution is 0.168. The third-order valence-electron chi connectivity index (χ3n) is 3.12. The molecule has 20 heavy (non-hydrogen) atoms. The molecule has 1 rings (SSSR count). The molecule has 0 spiro atoms. The van der Waals surface area contributed by atoms with Gasteiger partial charge in [-0.15, -0.1) is 12.4 Å². The molecule has 1 aromatic rings. The van der Waals surface area contributed by atoms with Gasteiger partial charge in [0, 0.05) is 12.2 Å². The van der Waals surface area contributed by atoms with Gasteiger partial charge in [0.05, 0.1) is 6.61 Å². The molecule has 0 aliphatic rings. The second-order valence-corrected chi connectivity index (χ2v) is 4.28. The number of hydrogen-bond acceptors (Lipinski definition) is 3. The van der Waals surface area contributed by atoms with Gasteiger partial charge < -0.3 is 9.64 Å². The Kier molecular flexibility index (Phi) is 9.86. The maximum Gasteiger partial charge on any atom is 0.411 e. The van der Waals surface area contributed by atoms with Crippen molar-refractivity contribution in [1.82, 2.24) is 4.90 Å². The first-order chi connectivity index (χ1) is 9.21. The highest BCUT2D eigenvalue weighted by Gasteiger charge is 2.07. The van der Waals surface area contributed by atoms with Crippen LogP contribution in [0.2, 0.25) is 0 Å². The highest BCUT2D eigenvalue weighted by atomic mass is 35.5. The van der Waals surface area contributed by atoms with Crippen LogP contribution in [0.5, 0.6) is 0 Å². The summed E-state index contributed by atoms with van der Waals surface area (Å²) >= 11 is 0. The molecule has 1 amide bonds. The third kappa shape index (κ3) is 6.26. The molecule has 0 aliphatic heterocycles. The highest BCUT2D eigenvalue weighted by molar-refractivity contribution is 5.85. The van der Waals surface area contributed by atoms with Crippen molar-refractivity contribution in [3.63, 3.8) is 0 Å². The molecule has 5 heteroatoms. The minimum absolute atomic E-state index is 0. The standard InChI is InChI=1S/C15H24N2O2.ClH/c1-4-17(5-2)12-11-13-9-7-8-10-14(13)16-15(18)19-6-3;/h7-10H,4-6,11-12H2,1-3H3,(H,16,18);1H. The number of hydrogen-bond donors (Lipinski definition) is 1. The average molecular weight is 301 g/mol. The van der Waals surface area contributed by atoms with E-state index in [0.717, 1.165) is 37.3 Å². The Morgan fingerprint density at radius 1 is 1.20 bits per heavy atom. The third-order valence-corrected chi connectivity index (χ3v) is 3.12. The topological polar surface area (TPSA) is 41.6 Å². The molecule has 0 aromatic heterocycles. The fraction of sp³-hybridized carbons (Fsp3) is 0.533. The highest BCUT2D eigenvalue weighted by Crippen LogP contribution is 2.16. The predicted molar refractivity (Wildman–Crippen MR) is 85.8 cm³/mol. The Morgan fingerprint density at radius 3 is 2.45 bits per heavy atom. The van der Waals surface area contributed by atoms with Gasteiger partial charge in [-0.05, 0) is 38.1 Å². The van der Waals surface area contributed by atoms with Gasteiger partial charge in [0.2, 0.25) is 0 Å². The van der Waals surface area contributed by atoms with E-state index in [0.29, 0.717) is 6.61 Å². The number of amides is 1. The van der Waals surface area contributed by atoms with Crippen molar-refractivity contribution in [2.45, 2.75) is 27.2 Å². The number of likely N-dealkylation sites (N-methyl/N-ethyl adjacent to an activating group) is 1. The van der Waals surface area contributed by atoms with Gasteiger partial charge in [-0.3, -0.25) is 5.32 Å². The molecule has 0 aliphatic carbocycles. The van der Waals surface area contributed by atoms with E-state index in [4.69, 9.17) is 4.74 Å². The van der Waals surface area contributed by atoms with E-state index < -0.39 is 6.09 Å². The van der Waals surface area contributed by atoms with E-state index in [1.54, 1.807) is 6.92 Å². The lowest BCUT2D eigenvalue weighted by atomic mass is 10.1. The number of para-hydroxylation sites is 1. The van der Waals surface area contributed by atoms with Gasteiger partial charge >= 0.3 is 6.09 Å². The molecule has 0 bridgehead atoms. The maximum absolute atomic E-state index is 11.5. The van der Waals surface area contributed by atoms with Crippen molar-refractivity contribution in [2.75, 3.05) is 31.6 Å². The number of nitrogens with zero attached hydrogens (tertiary/aromatic N) is 1. The van der Waals surface area contributed by atoms with Crippen molar-refractivity contribution in [2.24, 2.45) is 0 Å². The quantitative estimate of drug-likeness (QED) is 0.837. The SMILES string of the molecule is CCOC(=O)Nc1ccccc1CCN(CC)CC.Cl. The molecule has 4 nitrogen and oxygen atoms in total. The van der Waals surface area contributed by atoms with Crippen LogP contribution in [0.3, 0.4) is 0 Å². The van der Waals surface area contributed by atoms with Crippen LogP contribution in [0.1, 0.15) is 26.3 Å². The molecule has 0 atom stereocenters. The van der Waals surface area contributed by atoms with Gasteiger partial charge in [-0.1, -0.05) is 32.0 Å². The average Bonchev–Trinajstić information content (AvgIpc) is 2.42. The fourth-order valence-electron chi connectivity index (χ4n) is 1.96. The van der Waals surface area contributed by atoms with Gasteiger partial charge in [-0.25, -0.2) is 4.79 Å². The second-order valence-electron chi connectivity index (χ2n) is 4.28. The van der Waals surface area contributed by atoms with Crippen molar-refractivity contribution in [3.05, 3.63) is 29.8 Å². The fourth-order valence-corrected chi connectivity index (χ4v) is 1.96. The second kappa shape index (κ2) is 10.5. The number of benzene rings is 1. The number of carbonyl (C=O) groups is 1. The zero-order valence-corrected chi connectivity index (χ0v) is 13.3. The minimum Gasteiger partial charge on any atom is -0.450 e. The van der Waals surface area contributed by atoms with Crippen LogP contribution < -0.4 is 5.32 Å². The van der Waals surface area contributed by atoms with E-state index in [-0.39, 0.29) is 12.4 Å². The first-order valence-electron chi connectivity index (χ1n) is 6.95. The van der Waals surface area contributed by atoms with Crippen molar-refractivity contribution in [1.29, 1.82) is 0 Å². The molecular weight excluding hydrogens is 276 g/mol. The number of rotatable bonds is 7. The van der Waals surface area contributed by atoms with Crippen molar-refractivity contribution < 1.29 is 9.53 Å². The minimum atomic E-state index is -0.391. The predicted octanol–water partition coefficient (Wildman–Crippen LogP) is 3.56. The molecule has 0 radical (unpaired) electrons. The molecule has 0 unspecified atom stereocenters. The number of nitrogens with one attached hydrogen (secondary N) is 1. The van der Waals surface area contributed by atoms with E-state index >= 15 is 0 Å². The monoisotopic (exact) mass is 300 g/mol. The zero-order valence-electron chi connectivity index (χ0n) is 12.5. The Balaban J connectivity index is 0.00000361. The van der Waals surface area contributed by atoms with E-state index in [1.165, 1.54) is 0 Å². The van der Waals surface area contributed by atoms with Crippen LogP contribution in [0.25, 0.3) is 0 Å². The maximum atomic E-state index is 11.5. The first kappa shape index (κ1) is 18.7. The van der Waals surface area contributed by atoms with Gasteiger partial charge in [-0.2, -0.15) is 0 Å². The normalized spacial score (nSPS) is 10.0. The van der Waals surface area contributed by atoms with Crippen LogP contribution in [0, 0.1) is 0 Å². The number of carbonyl (C=O) groups excluding carboxylic acids is 1. The Morgan fingerprint density at radius 2 is 1.85 bits per heavy atom. The number of halogens is 1. The van der Waals surface area contributed by atoms with Gasteiger partial charge in [0.1, 0.15) is 0 Å². The van der Waals surface area contributed by atoms with Crippen LogP contribution >= 0.6 is 12.4 Å². The Labute approximate surface area is 127 Å². The van der Waals surface area contributed by atoms with Gasteiger partial charge in [0.25, 0.3) is 0 Å². The van der Waals surface area contributed by atoms with Crippen LogP contribution in [0.4, 0.5) is 10.5 Å². The summed E-state index contributed by atoms with van der Waals surface area (Å²) < 4.78 is 4.91. The summed E-state index contributed by atoms with van der Waals surface area (Å²) in [5.74, 6) is 0. The van der Waals surface area contributed by atoms with Crippen LogP contribution in [-0.4, -0.2) is 37.2 Å². The Bertz CT molecular complexity index is 395. The summed E-state index contributed by atoms with van der Waals surface area (Å²) in [7, 11) is 0. The zero-order chi connectivity index (χ0) is 14.1. The van der Waals surface area contributed by atoms with Crippen molar-refractivity contribution in [3.8, 4) is 0 Å². The number of ether oxygens (including phenoxy) is 1. The van der Waals surface area contributed by atoms with Gasteiger partial charge in [0.15, 0.2) is 0 Å². The summed E-state index contributed by atoms with van der Waals surface area (Å²) in [5, 5.41) is 2.79. The Hall–Kier alpha value is -1.26. The molecule has 114 valence electrons. The summed E-state index contributed by atoms with van der Waals surface area (Å²) in [4.78, 5) is 13.8. The van der Waals surface area contributed by atoms with E-state index in [1.807, 2.05) is 24.3 Å². The van der Waals surface area contributed by atoms with Crippen molar-refractivity contribution >= 4 is 24.2 Å². The molecule has 1 aromatic carbocycles. The smallest absolute Gasteiger partial charge is 0.411 e. The lowest BCUT2D eigenvalue weighted by Gasteiger charge is -2.19. The summed E-state index contributed by atoms with van der Waals surface area (Å²) in [6.45, 7) is 9.58. The number of anilines is 1. The molecule has 1 N–H and O–H groups in total. The van der Waals surface area contributed by atoms with E-state index in [9.17, 15) is 4.79 Å². The molecule has 0 fully saturated rings.